The van der Waals surface area contributed by atoms with Crippen LogP contribution in [0.1, 0.15) is 6.42 Å². The predicted molar refractivity (Wildman–Crippen MR) is 52.9 cm³/mol. The Labute approximate surface area is 88.6 Å². The van der Waals surface area contributed by atoms with Gasteiger partial charge in [0.05, 0.1) is 0 Å². The van der Waals surface area contributed by atoms with Crippen LogP contribution in [0.3, 0.4) is 0 Å². The van der Waals surface area contributed by atoms with Gasteiger partial charge in [0.1, 0.15) is 6.61 Å². The lowest BCUT2D eigenvalue weighted by Crippen LogP contribution is -2.28. The van der Waals surface area contributed by atoms with Crippen molar-refractivity contribution in [3.63, 3.8) is 0 Å². The zero-order valence-corrected chi connectivity index (χ0v) is 9.23. The maximum Gasteiger partial charge on any atom is 0.411 e. The van der Waals surface area contributed by atoms with E-state index in [0.717, 1.165) is 13.1 Å². The van der Waals surface area contributed by atoms with Crippen molar-refractivity contribution in [3.05, 3.63) is 0 Å². The number of hydrogen-bond acceptors (Lipinski definition) is 3. The summed E-state index contributed by atoms with van der Waals surface area (Å²) in [6, 6.07) is 0. The summed E-state index contributed by atoms with van der Waals surface area (Å²) in [5, 5.41) is 3.11. The zero-order valence-electron chi connectivity index (χ0n) is 9.23. The van der Waals surface area contributed by atoms with Crippen LogP contribution in [0.25, 0.3) is 0 Å². The number of rotatable bonds is 8. The van der Waals surface area contributed by atoms with Crippen LogP contribution in [0.5, 0.6) is 0 Å². The summed E-state index contributed by atoms with van der Waals surface area (Å²) < 4.78 is 39.3. The van der Waals surface area contributed by atoms with Gasteiger partial charge in [0, 0.05) is 19.7 Å². The molecule has 0 saturated heterocycles. The monoisotopic (exact) mass is 228 g/mol. The molecule has 0 amide bonds. The van der Waals surface area contributed by atoms with Crippen molar-refractivity contribution in [1.82, 2.24) is 10.2 Å². The molecule has 0 atom stereocenters. The second kappa shape index (κ2) is 7.90. The molecule has 15 heavy (non-hydrogen) atoms. The second-order valence-electron chi connectivity index (χ2n) is 3.57. The molecule has 0 aromatic heterocycles. The summed E-state index contributed by atoms with van der Waals surface area (Å²) in [4.78, 5) is 2.03. The molecule has 1 N–H and O–H groups in total. The first kappa shape index (κ1) is 14.7. The van der Waals surface area contributed by atoms with Gasteiger partial charge in [-0.15, -0.1) is 0 Å². The van der Waals surface area contributed by atoms with Gasteiger partial charge in [-0.05, 0) is 27.1 Å². The van der Waals surface area contributed by atoms with E-state index in [9.17, 15) is 13.2 Å². The van der Waals surface area contributed by atoms with Crippen LogP contribution in [0.4, 0.5) is 13.2 Å². The Morgan fingerprint density at radius 1 is 1.20 bits per heavy atom. The smallest absolute Gasteiger partial charge is 0.372 e. The molecule has 0 aromatic carbocycles. The molecular weight excluding hydrogens is 209 g/mol. The number of halogens is 3. The van der Waals surface area contributed by atoms with E-state index in [4.69, 9.17) is 0 Å². The number of nitrogens with one attached hydrogen (secondary N) is 1. The average Bonchev–Trinajstić information content (AvgIpc) is 2.07. The van der Waals surface area contributed by atoms with E-state index < -0.39 is 12.8 Å². The van der Waals surface area contributed by atoms with Gasteiger partial charge < -0.3 is 15.0 Å². The van der Waals surface area contributed by atoms with Gasteiger partial charge in [0.25, 0.3) is 0 Å². The lowest BCUT2D eigenvalue weighted by molar-refractivity contribution is -0.173. The molecular formula is C9H19F3N2O. The van der Waals surface area contributed by atoms with Crippen LogP contribution < -0.4 is 5.32 Å². The average molecular weight is 228 g/mol. The van der Waals surface area contributed by atoms with Crippen molar-refractivity contribution >= 4 is 0 Å². The lowest BCUT2D eigenvalue weighted by atomic mass is 10.4. The van der Waals surface area contributed by atoms with Crippen molar-refractivity contribution in [1.29, 1.82) is 0 Å². The summed E-state index contributed by atoms with van der Waals surface area (Å²) in [5.74, 6) is 0. The molecule has 92 valence electrons. The van der Waals surface area contributed by atoms with E-state index in [1.165, 1.54) is 0 Å². The SMILES string of the molecule is CN(C)CCNCCCOCC(F)(F)F. The summed E-state index contributed by atoms with van der Waals surface area (Å²) in [5.41, 5.74) is 0. The van der Waals surface area contributed by atoms with Crippen LogP contribution in [-0.4, -0.2) is 58.0 Å². The third-order valence-electron chi connectivity index (χ3n) is 1.64. The summed E-state index contributed by atoms with van der Waals surface area (Å²) >= 11 is 0. The van der Waals surface area contributed by atoms with Crippen LogP contribution >= 0.6 is 0 Å². The molecule has 3 nitrogen and oxygen atoms in total. The summed E-state index contributed by atoms with van der Waals surface area (Å²) in [7, 11) is 3.93. The van der Waals surface area contributed by atoms with E-state index in [1.54, 1.807) is 0 Å². The molecule has 0 unspecified atom stereocenters. The van der Waals surface area contributed by atoms with E-state index in [2.05, 4.69) is 10.1 Å². The van der Waals surface area contributed by atoms with E-state index in [-0.39, 0.29) is 6.61 Å². The first-order valence-corrected chi connectivity index (χ1v) is 4.92. The molecule has 0 radical (unpaired) electrons. The van der Waals surface area contributed by atoms with Crippen molar-refractivity contribution in [3.8, 4) is 0 Å². The zero-order chi connectivity index (χ0) is 11.7. The molecule has 0 aliphatic rings. The molecule has 0 aromatic rings. The molecule has 0 heterocycles. The number of alkyl halides is 3. The van der Waals surface area contributed by atoms with Gasteiger partial charge in [0.15, 0.2) is 0 Å². The standard InChI is InChI=1S/C9H19F3N2O/c1-14(2)6-5-13-4-3-7-15-8-9(10,11)12/h13H,3-8H2,1-2H3. The predicted octanol–water partition coefficient (Wildman–Crippen LogP) is 1.11. The Kier molecular flexibility index (Phi) is 7.72. The number of ether oxygens (including phenoxy) is 1. The molecule has 0 spiro atoms. The number of nitrogens with zero attached hydrogens (tertiary/aromatic N) is 1. The van der Waals surface area contributed by atoms with Crippen LogP contribution in [0.15, 0.2) is 0 Å². The normalized spacial score (nSPS) is 12.4. The maximum absolute atomic E-state index is 11.6. The molecule has 0 rings (SSSR count). The molecule has 0 aliphatic carbocycles. The Balaban J connectivity index is 3.06. The fourth-order valence-corrected chi connectivity index (χ4v) is 0.915. The lowest BCUT2D eigenvalue weighted by Gasteiger charge is -2.10. The molecule has 0 saturated carbocycles. The molecule has 0 fully saturated rings. The number of hydrogen-bond donors (Lipinski definition) is 1. The number of likely N-dealkylation sites (N-methyl/N-ethyl adjacent to an activating group) is 1. The third-order valence-corrected chi connectivity index (χ3v) is 1.64. The largest absolute Gasteiger partial charge is 0.411 e. The van der Waals surface area contributed by atoms with E-state index in [0.29, 0.717) is 13.0 Å². The quantitative estimate of drug-likeness (QED) is 0.630. The van der Waals surface area contributed by atoms with E-state index in [1.807, 2.05) is 19.0 Å². The molecule has 0 aliphatic heterocycles. The van der Waals surface area contributed by atoms with Crippen LogP contribution in [0, 0.1) is 0 Å². The van der Waals surface area contributed by atoms with Crippen molar-refractivity contribution in [2.24, 2.45) is 0 Å². The highest BCUT2D eigenvalue weighted by molar-refractivity contribution is 4.51. The van der Waals surface area contributed by atoms with Crippen molar-refractivity contribution < 1.29 is 17.9 Å². The Bertz CT molecular complexity index is 151. The molecule has 0 bridgehead atoms. The fourth-order valence-electron chi connectivity index (χ4n) is 0.915. The summed E-state index contributed by atoms with van der Waals surface area (Å²) in [6.07, 6.45) is -3.61. The second-order valence-corrected chi connectivity index (χ2v) is 3.57. The van der Waals surface area contributed by atoms with Gasteiger partial charge in [-0.2, -0.15) is 13.2 Å². The highest BCUT2D eigenvalue weighted by Gasteiger charge is 2.26. The highest BCUT2D eigenvalue weighted by Crippen LogP contribution is 2.14. The third kappa shape index (κ3) is 13.7. The Hall–Kier alpha value is -0.330. The van der Waals surface area contributed by atoms with Gasteiger partial charge in [-0.1, -0.05) is 0 Å². The van der Waals surface area contributed by atoms with Gasteiger partial charge in [-0.3, -0.25) is 0 Å². The van der Waals surface area contributed by atoms with Gasteiger partial charge in [0.2, 0.25) is 0 Å². The Morgan fingerprint density at radius 3 is 2.40 bits per heavy atom. The minimum absolute atomic E-state index is 0.147. The minimum Gasteiger partial charge on any atom is -0.372 e. The minimum atomic E-state index is -4.21. The van der Waals surface area contributed by atoms with Gasteiger partial charge >= 0.3 is 6.18 Å². The van der Waals surface area contributed by atoms with E-state index >= 15 is 0 Å². The first-order chi connectivity index (χ1) is 6.92. The maximum atomic E-state index is 11.6. The van der Waals surface area contributed by atoms with Crippen LogP contribution in [0.2, 0.25) is 0 Å². The first-order valence-electron chi connectivity index (χ1n) is 4.92. The topological polar surface area (TPSA) is 24.5 Å². The Morgan fingerprint density at radius 2 is 1.87 bits per heavy atom. The molecule has 6 heteroatoms. The fraction of sp³-hybridized carbons (Fsp3) is 1.00. The van der Waals surface area contributed by atoms with Crippen LogP contribution in [-0.2, 0) is 4.74 Å². The van der Waals surface area contributed by atoms with Crippen molar-refractivity contribution in [2.75, 3.05) is 46.9 Å². The highest BCUT2D eigenvalue weighted by atomic mass is 19.4. The summed E-state index contributed by atoms with van der Waals surface area (Å²) in [6.45, 7) is 1.44. The van der Waals surface area contributed by atoms with Gasteiger partial charge in [-0.25, -0.2) is 0 Å². The van der Waals surface area contributed by atoms with Crippen molar-refractivity contribution in [2.45, 2.75) is 12.6 Å².